The molecular formula is C21H33N5OS. The zero-order chi connectivity index (χ0) is 19.8. The first-order valence-electron chi connectivity index (χ1n) is 10.4. The number of rotatable bonds is 8. The van der Waals surface area contributed by atoms with Gasteiger partial charge < -0.3 is 15.2 Å². The van der Waals surface area contributed by atoms with Gasteiger partial charge >= 0.3 is 0 Å². The number of piperidine rings is 1. The van der Waals surface area contributed by atoms with E-state index >= 15 is 0 Å². The van der Waals surface area contributed by atoms with Gasteiger partial charge in [-0.1, -0.05) is 25.1 Å². The van der Waals surface area contributed by atoms with Gasteiger partial charge in [0.2, 0.25) is 0 Å². The predicted octanol–water partition coefficient (Wildman–Crippen LogP) is 3.83. The van der Waals surface area contributed by atoms with Crippen LogP contribution in [0.4, 0.5) is 0 Å². The number of guanidine groups is 1. The number of nitrogens with zero attached hydrogens (tertiary/aromatic N) is 3. The molecule has 28 heavy (non-hydrogen) atoms. The van der Waals surface area contributed by atoms with E-state index in [9.17, 15) is 0 Å². The average molecular weight is 404 g/mol. The van der Waals surface area contributed by atoms with Crippen molar-refractivity contribution in [2.45, 2.75) is 52.6 Å². The van der Waals surface area contributed by atoms with Crippen LogP contribution in [-0.4, -0.2) is 42.2 Å². The molecule has 0 amide bonds. The fraction of sp³-hybridized carbons (Fsp3) is 0.619. The van der Waals surface area contributed by atoms with Crippen molar-refractivity contribution in [1.29, 1.82) is 0 Å². The summed E-state index contributed by atoms with van der Waals surface area (Å²) in [5.74, 6) is 2.73. The summed E-state index contributed by atoms with van der Waals surface area (Å²) >= 11 is 1.85. The van der Waals surface area contributed by atoms with Crippen molar-refractivity contribution in [3.8, 4) is 0 Å². The van der Waals surface area contributed by atoms with Crippen molar-refractivity contribution < 1.29 is 4.52 Å². The van der Waals surface area contributed by atoms with E-state index in [1.54, 1.807) is 0 Å². The van der Waals surface area contributed by atoms with E-state index in [0.29, 0.717) is 18.4 Å². The third-order valence-electron chi connectivity index (χ3n) is 5.13. The molecule has 1 aliphatic heterocycles. The Morgan fingerprint density at radius 3 is 2.82 bits per heavy atom. The van der Waals surface area contributed by atoms with Crippen LogP contribution in [0.3, 0.4) is 0 Å². The Balaban J connectivity index is 1.43. The molecule has 3 rings (SSSR count). The molecule has 0 spiro atoms. The molecular weight excluding hydrogens is 370 g/mol. The lowest BCUT2D eigenvalue weighted by molar-refractivity contribution is 0.179. The van der Waals surface area contributed by atoms with Gasteiger partial charge in [-0.05, 0) is 56.1 Å². The summed E-state index contributed by atoms with van der Waals surface area (Å²) in [5.41, 5.74) is 0.984. The molecule has 0 radical (unpaired) electrons. The lowest BCUT2D eigenvalue weighted by Gasteiger charge is -2.32. The van der Waals surface area contributed by atoms with Crippen molar-refractivity contribution in [2.75, 3.05) is 26.2 Å². The summed E-state index contributed by atoms with van der Waals surface area (Å²) in [6, 6.07) is 6.37. The third-order valence-corrected chi connectivity index (χ3v) is 5.99. The summed E-state index contributed by atoms with van der Waals surface area (Å²) < 4.78 is 5.39. The van der Waals surface area contributed by atoms with E-state index in [1.807, 2.05) is 17.4 Å². The molecule has 1 saturated heterocycles. The minimum atomic E-state index is 0.374. The Morgan fingerprint density at radius 1 is 1.36 bits per heavy atom. The lowest BCUT2D eigenvalue weighted by atomic mass is 9.97. The second-order valence-electron chi connectivity index (χ2n) is 7.75. The lowest BCUT2D eigenvalue weighted by Crippen LogP contribution is -2.42. The molecule has 6 nitrogen and oxygen atoms in total. The van der Waals surface area contributed by atoms with Gasteiger partial charge in [0.05, 0.1) is 5.69 Å². The summed E-state index contributed by atoms with van der Waals surface area (Å²) in [6.07, 6.45) is 2.47. The van der Waals surface area contributed by atoms with Crippen LogP contribution in [-0.2, 0) is 13.1 Å². The minimum Gasteiger partial charge on any atom is -0.359 e. The number of likely N-dealkylation sites (tertiary alicyclic amines) is 1. The highest BCUT2D eigenvalue weighted by Crippen LogP contribution is 2.20. The average Bonchev–Trinajstić information content (AvgIpc) is 3.37. The standard InChI is InChI=1S/C21H33N5OS/c1-4-22-21(24-14-18-12-20(16(2)3)25-27-18)23-13-17-7-9-26(10-8-17)15-19-6-5-11-28-19/h5-6,11-12,16-17H,4,7-10,13-15H2,1-3H3,(H2,22,23,24). The number of hydrogen-bond donors (Lipinski definition) is 2. The molecule has 0 bridgehead atoms. The fourth-order valence-corrected chi connectivity index (χ4v) is 4.13. The van der Waals surface area contributed by atoms with Gasteiger partial charge in [-0.2, -0.15) is 0 Å². The maximum atomic E-state index is 5.39. The maximum Gasteiger partial charge on any atom is 0.191 e. The van der Waals surface area contributed by atoms with Crippen LogP contribution < -0.4 is 10.6 Å². The van der Waals surface area contributed by atoms with Crippen molar-refractivity contribution in [2.24, 2.45) is 10.9 Å². The zero-order valence-corrected chi connectivity index (χ0v) is 18.1. The van der Waals surface area contributed by atoms with E-state index in [0.717, 1.165) is 37.0 Å². The van der Waals surface area contributed by atoms with Crippen LogP contribution >= 0.6 is 11.3 Å². The first-order valence-corrected chi connectivity index (χ1v) is 11.2. The number of hydrogen-bond acceptors (Lipinski definition) is 5. The first-order chi connectivity index (χ1) is 13.6. The molecule has 0 saturated carbocycles. The predicted molar refractivity (Wildman–Crippen MR) is 116 cm³/mol. The molecule has 154 valence electrons. The van der Waals surface area contributed by atoms with E-state index in [4.69, 9.17) is 4.52 Å². The van der Waals surface area contributed by atoms with E-state index in [1.165, 1.54) is 30.8 Å². The molecule has 0 unspecified atom stereocenters. The Morgan fingerprint density at radius 2 is 2.18 bits per heavy atom. The van der Waals surface area contributed by atoms with Gasteiger partial charge in [0, 0.05) is 30.6 Å². The van der Waals surface area contributed by atoms with Gasteiger partial charge in [0.1, 0.15) is 6.54 Å². The van der Waals surface area contributed by atoms with Gasteiger partial charge in [-0.3, -0.25) is 4.90 Å². The Bertz CT molecular complexity index is 717. The van der Waals surface area contributed by atoms with E-state index in [2.05, 4.69) is 64.0 Å². The van der Waals surface area contributed by atoms with Crippen molar-refractivity contribution in [1.82, 2.24) is 20.7 Å². The molecule has 1 aliphatic rings. The summed E-state index contributed by atoms with van der Waals surface area (Å²) in [4.78, 5) is 8.69. The zero-order valence-electron chi connectivity index (χ0n) is 17.3. The second kappa shape index (κ2) is 10.6. The van der Waals surface area contributed by atoms with Crippen molar-refractivity contribution in [3.63, 3.8) is 0 Å². The third kappa shape index (κ3) is 6.34. The fourth-order valence-electron chi connectivity index (χ4n) is 3.39. The SMILES string of the molecule is CCNC(=NCc1cc(C(C)C)no1)NCC1CCN(Cc2cccs2)CC1. The van der Waals surface area contributed by atoms with Crippen LogP contribution in [0.2, 0.25) is 0 Å². The van der Waals surface area contributed by atoms with Gasteiger partial charge in [-0.15, -0.1) is 11.3 Å². The highest BCUT2D eigenvalue weighted by atomic mass is 32.1. The topological polar surface area (TPSA) is 65.7 Å². The number of aromatic nitrogens is 1. The first kappa shape index (κ1) is 20.9. The van der Waals surface area contributed by atoms with Crippen LogP contribution in [0.5, 0.6) is 0 Å². The summed E-state index contributed by atoms with van der Waals surface area (Å²) in [5, 5.41) is 13.1. The molecule has 0 aromatic carbocycles. The second-order valence-corrected chi connectivity index (χ2v) is 8.78. The van der Waals surface area contributed by atoms with Crippen LogP contribution in [0.25, 0.3) is 0 Å². The normalized spacial score (nSPS) is 16.6. The van der Waals surface area contributed by atoms with E-state index < -0.39 is 0 Å². The Labute approximate surface area is 172 Å². The number of nitrogens with one attached hydrogen (secondary N) is 2. The quantitative estimate of drug-likeness (QED) is 0.518. The Hall–Kier alpha value is -1.86. The van der Waals surface area contributed by atoms with Crippen molar-refractivity contribution in [3.05, 3.63) is 39.9 Å². The molecule has 3 heterocycles. The minimum absolute atomic E-state index is 0.374. The van der Waals surface area contributed by atoms with Crippen LogP contribution in [0.1, 0.15) is 55.9 Å². The van der Waals surface area contributed by atoms with Gasteiger partial charge in [0.15, 0.2) is 11.7 Å². The van der Waals surface area contributed by atoms with Crippen LogP contribution in [0, 0.1) is 5.92 Å². The Kier molecular flexibility index (Phi) is 7.91. The summed E-state index contributed by atoms with van der Waals surface area (Å²) in [6.45, 7) is 12.1. The highest BCUT2D eigenvalue weighted by molar-refractivity contribution is 7.09. The monoisotopic (exact) mass is 403 g/mol. The van der Waals surface area contributed by atoms with Crippen LogP contribution in [0.15, 0.2) is 33.1 Å². The highest BCUT2D eigenvalue weighted by Gasteiger charge is 2.19. The number of aliphatic imine (C=N–C) groups is 1. The molecule has 0 atom stereocenters. The smallest absolute Gasteiger partial charge is 0.191 e. The van der Waals surface area contributed by atoms with Gasteiger partial charge in [0.25, 0.3) is 0 Å². The van der Waals surface area contributed by atoms with Gasteiger partial charge in [-0.25, -0.2) is 4.99 Å². The summed E-state index contributed by atoms with van der Waals surface area (Å²) in [7, 11) is 0. The largest absolute Gasteiger partial charge is 0.359 e. The molecule has 2 aromatic heterocycles. The number of thiophene rings is 1. The molecule has 2 aromatic rings. The molecule has 1 fully saturated rings. The molecule has 2 N–H and O–H groups in total. The maximum absolute atomic E-state index is 5.39. The van der Waals surface area contributed by atoms with E-state index in [-0.39, 0.29) is 0 Å². The molecule has 7 heteroatoms. The van der Waals surface area contributed by atoms with Crippen molar-refractivity contribution >= 4 is 17.3 Å². The molecule has 0 aliphatic carbocycles.